The van der Waals surface area contributed by atoms with Crippen LogP contribution in [0.1, 0.15) is 43.0 Å². The third-order valence-electron chi connectivity index (χ3n) is 3.22. The van der Waals surface area contributed by atoms with Crippen LogP contribution in [0.4, 0.5) is 0 Å². The minimum atomic E-state index is 0.352. The second kappa shape index (κ2) is 5.55. The number of ether oxygens (including phenoxy) is 1. The second-order valence-electron chi connectivity index (χ2n) is 4.38. The summed E-state index contributed by atoms with van der Waals surface area (Å²) in [6.07, 6.45) is 4.57. The summed E-state index contributed by atoms with van der Waals surface area (Å²) >= 11 is 5.03. The summed E-state index contributed by atoms with van der Waals surface area (Å²) in [7, 11) is 1.70. The normalized spacial score (nSPS) is 15.8. The first-order valence-corrected chi connectivity index (χ1v) is 6.37. The lowest BCUT2D eigenvalue weighted by molar-refractivity contribution is 0.187. The first-order valence-electron chi connectivity index (χ1n) is 5.96. The van der Waals surface area contributed by atoms with Crippen molar-refractivity contribution < 1.29 is 4.74 Å². The van der Waals surface area contributed by atoms with E-state index < -0.39 is 0 Å². The molecule has 2 N–H and O–H groups in total. The molecule has 5 nitrogen and oxygen atoms in total. The van der Waals surface area contributed by atoms with Crippen LogP contribution in [0.15, 0.2) is 0 Å². The Morgan fingerprint density at radius 1 is 1.59 bits per heavy atom. The molecule has 0 aliphatic heterocycles. The second-order valence-corrected chi connectivity index (χ2v) is 4.82. The zero-order valence-electron chi connectivity index (χ0n) is 10.1. The van der Waals surface area contributed by atoms with Gasteiger partial charge in [0.25, 0.3) is 0 Å². The van der Waals surface area contributed by atoms with Crippen molar-refractivity contribution in [3.05, 3.63) is 11.4 Å². The third-order valence-corrected chi connectivity index (χ3v) is 3.41. The summed E-state index contributed by atoms with van der Waals surface area (Å²) in [5, 5.41) is 8.26. The summed E-state index contributed by atoms with van der Waals surface area (Å²) < 4.78 is 6.99. The summed E-state index contributed by atoms with van der Waals surface area (Å²) in [4.78, 5) is 0.352. The minimum Gasteiger partial charge on any atom is -0.388 e. The standard InChI is InChI=1S/C11H18N4OS/c1-16-7-3-6-15-10(8-4-2-5-8)9(11(12)17)13-14-15/h8H,2-7H2,1H3,(H2,12,17). The number of methoxy groups -OCH3 is 1. The Labute approximate surface area is 106 Å². The molecule has 6 heteroatoms. The maximum absolute atomic E-state index is 5.69. The van der Waals surface area contributed by atoms with Gasteiger partial charge in [0.1, 0.15) is 10.7 Å². The SMILES string of the molecule is COCCCn1nnc(C(N)=S)c1C1CCC1. The van der Waals surface area contributed by atoms with Gasteiger partial charge in [0.15, 0.2) is 0 Å². The molecule has 17 heavy (non-hydrogen) atoms. The fraction of sp³-hybridized carbons (Fsp3) is 0.727. The highest BCUT2D eigenvalue weighted by atomic mass is 32.1. The highest BCUT2D eigenvalue weighted by Gasteiger charge is 2.28. The molecule has 0 aromatic carbocycles. The fourth-order valence-electron chi connectivity index (χ4n) is 2.11. The van der Waals surface area contributed by atoms with Crippen molar-refractivity contribution in [2.24, 2.45) is 5.73 Å². The molecular weight excluding hydrogens is 236 g/mol. The van der Waals surface area contributed by atoms with Crippen molar-refractivity contribution in [2.45, 2.75) is 38.1 Å². The van der Waals surface area contributed by atoms with E-state index in [0.29, 0.717) is 16.6 Å². The van der Waals surface area contributed by atoms with Crippen molar-refractivity contribution in [2.75, 3.05) is 13.7 Å². The summed E-state index contributed by atoms with van der Waals surface area (Å²) in [6, 6.07) is 0. The molecule has 1 aromatic heterocycles. The number of nitrogens with two attached hydrogens (primary N) is 1. The predicted molar refractivity (Wildman–Crippen MR) is 69.0 cm³/mol. The quantitative estimate of drug-likeness (QED) is 0.610. The molecular formula is C11H18N4OS. The van der Waals surface area contributed by atoms with Gasteiger partial charge in [-0.2, -0.15) is 0 Å². The van der Waals surface area contributed by atoms with Gasteiger partial charge in [0, 0.05) is 26.2 Å². The molecule has 0 atom stereocenters. The van der Waals surface area contributed by atoms with Gasteiger partial charge in [-0.3, -0.25) is 0 Å². The zero-order chi connectivity index (χ0) is 12.3. The molecule has 0 bridgehead atoms. The van der Waals surface area contributed by atoms with Crippen molar-refractivity contribution in [1.82, 2.24) is 15.0 Å². The lowest BCUT2D eigenvalue weighted by Gasteiger charge is -2.26. The predicted octanol–water partition coefficient (Wildman–Crippen LogP) is 1.22. The van der Waals surface area contributed by atoms with Gasteiger partial charge in [-0.05, 0) is 19.3 Å². The number of rotatable bonds is 6. The molecule has 1 aliphatic rings. The van der Waals surface area contributed by atoms with E-state index in [2.05, 4.69) is 10.3 Å². The molecule has 1 aromatic rings. The lowest BCUT2D eigenvalue weighted by Crippen LogP contribution is -2.21. The number of aryl methyl sites for hydroxylation is 1. The molecule has 0 amide bonds. The van der Waals surface area contributed by atoms with Gasteiger partial charge in [-0.15, -0.1) is 5.10 Å². The van der Waals surface area contributed by atoms with Gasteiger partial charge in [-0.1, -0.05) is 23.9 Å². The molecule has 0 saturated heterocycles. The third kappa shape index (κ3) is 2.63. The van der Waals surface area contributed by atoms with Crippen LogP contribution >= 0.6 is 12.2 Å². The Hall–Kier alpha value is -1.01. The average Bonchev–Trinajstić information content (AvgIpc) is 2.60. The van der Waals surface area contributed by atoms with Crippen LogP contribution in [0, 0.1) is 0 Å². The molecule has 0 radical (unpaired) electrons. The summed E-state index contributed by atoms with van der Waals surface area (Å²) in [6.45, 7) is 1.54. The Balaban J connectivity index is 2.16. The number of hydrogen-bond donors (Lipinski definition) is 1. The van der Waals surface area contributed by atoms with E-state index in [1.54, 1.807) is 7.11 Å². The maximum atomic E-state index is 5.69. The van der Waals surface area contributed by atoms with Gasteiger partial charge in [0.2, 0.25) is 0 Å². The van der Waals surface area contributed by atoms with Crippen LogP contribution in [0.5, 0.6) is 0 Å². The van der Waals surface area contributed by atoms with Crippen LogP contribution in [0.25, 0.3) is 0 Å². The number of hydrogen-bond acceptors (Lipinski definition) is 4. The van der Waals surface area contributed by atoms with Crippen molar-refractivity contribution in [3.8, 4) is 0 Å². The van der Waals surface area contributed by atoms with Crippen LogP contribution in [-0.4, -0.2) is 33.7 Å². The van der Waals surface area contributed by atoms with Crippen LogP contribution in [0.3, 0.4) is 0 Å². The van der Waals surface area contributed by atoms with E-state index in [0.717, 1.165) is 25.3 Å². The van der Waals surface area contributed by atoms with E-state index >= 15 is 0 Å². The molecule has 2 rings (SSSR count). The van der Waals surface area contributed by atoms with Gasteiger partial charge >= 0.3 is 0 Å². The molecule has 0 unspecified atom stereocenters. The largest absolute Gasteiger partial charge is 0.388 e. The smallest absolute Gasteiger partial charge is 0.143 e. The van der Waals surface area contributed by atoms with Crippen molar-refractivity contribution >= 4 is 17.2 Å². The first kappa shape index (κ1) is 12.4. The van der Waals surface area contributed by atoms with Crippen LogP contribution in [-0.2, 0) is 11.3 Å². The Morgan fingerprint density at radius 2 is 2.35 bits per heavy atom. The van der Waals surface area contributed by atoms with Crippen molar-refractivity contribution in [1.29, 1.82) is 0 Å². The molecule has 1 heterocycles. The number of nitrogens with zero attached hydrogens (tertiary/aromatic N) is 3. The number of thiocarbonyl (C=S) groups is 1. The van der Waals surface area contributed by atoms with Crippen LogP contribution in [0.2, 0.25) is 0 Å². The van der Waals surface area contributed by atoms with E-state index in [9.17, 15) is 0 Å². The Morgan fingerprint density at radius 3 is 2.88 bits per heavy atom. The highest BCUT2D eigenvalue weighted by Crippen LogP contribution is 2.37. The maximum Gasteiger partial charge on any atom is 0.143 e. The van der Waals surface area contributed by atoms with E-state index in [1.165, 1.54) is 19.3 Å². The molecule has 0 spiro atoms. The Bertz CT molecular complexity index is 400. The van der Waals surface area contributed by atoms with Crippen molar-refractivity contribution in [3.63, 3.8) is 0 Å². The zero-order valence-corrected chi connectivity index (χ0v) is 10.9. The van der Waals surface area contributed by atoms with E-state index in [4.69, 9.17) is 22.7 Å². The molecule has 1 aliphatic carbocycles. The fourth-order valence-corrected chi connectivity index (χ4v) is 2.25. The lowest BCUT2D eigenvalue weighted by atomic mass is 9.82. The molecule has 94 valence electrons. The average molecular weight is 254 g/mol. The topological polar surface area (TPSA) is 66.0 Å². The van der Waals surface area contributed by atoms with Crippen LogP contribution < -0.4 is 5.73 Å². The van der Waals surface area contributed by atoms with Gasteiger partial charge in [0.05, 0.1) is 5.69 Å². The first-order chi connectivity index (χ1) is 8.24. The highest BCUT2D eigenvalue weighted by molar-refractivity contribution is 7.80. The van der Waals surface area contributed by atoms with E-state index in [1.807, 2.05) is 4.68 Å². The Kier molecular flexibility index (Phi) is 4.06. The monoisotopic (exact) mass is 254 g/mol. The number of aromatic nitrogens is 3. The van der Waals surface area contributed by atoms with Gasteiger partial charge in [-0.25, -0.2) is 4.68 Å². The molecule has 1 saturated carbocycles. The van der Waals surface area contributed by atoms with E-state index in [-0.39, 0.29) is 0 Å². The summed E-state index contributed by atoms with van der Waals surface area (Å²) in [5.74, 6) is 0.532. The summed E-state index contributed by atoms with van der Waals surface area (Å²) in [5.41, 5.74) is 7.53. The minimum absolute atomic E-state index is 0.352. The van der Waals surface area contributed by atoms with Gasteiger partial charge < -0.3 is 10.5 Å². The molecule has 1 fully saturated rings.